The van der Waals surface area contributed by atoms with Gasteiger partial charge in [0.2, 0.25) is 5.91 Å². The largest absolute Gasteiger partial charge is 0.391 e. The minimum Gasteiger partial charge on any atom is -0.391 e. The summed E-state index contributed by atoms with van der Waals surface area (Å²) < 4.78 is 32.5. The summed E-state index contributed by atoms with van der Waals surface area (Å²) in [5.41, 5.74) is 0. The monoisotopic (exact) mass is 672 g/mol. The van der Waals surface area contributed by atoms with Crippen LogP contribution in [0.1, 0.15) is 187 Å². The number of carbonyl (C=O) groups is 1. The van der Waals surface area contributed by atoms with Crippen LogP contribution in [0, 0.1) is 0 Å². The second kappa shape index (κ2) is 32.3. The highest BCUT2D eigenvalue weighted by Gasteiger charge is 2.28. The van der Waals surface area contributed by atoms with Crippen molar-refractivity contribution in [3.05, 3.63) is 24.3 Å². The first-order valence-electron chi connectivity index (χ1n) is 19.1. The van der Waals surface area contributed by atoms with Gasteiger partial charge in [-0.1, -0.05) is 167 Å². The van der Waals surface area contributed by atoms with E-state index in [1.165, 1.54) is 89.9 Å². The molecule has 3 unspecified atom stereocenters. The van der Waals surface area contributed by atoms with Crippen LogP contribution in [0.3, 0.4) is 0 Å². The zero-order valence-corrected chi connectivity index (χ0v) is 30.6. The van der Waals surface area contributed by atoms with Crippen LogP contribution in [-0.4, -0.2) is 53.1 Å². The Balaban J connectivity index is 4.05. The number of hydrogen-bond donors (Lipinski definition) is 4. The molecule has 0 aliphatic carbocycles. The topological polar surface area (TPSA) is 124 Å². The lowest BCUT2D eigenvalue weighted by Crippen LogP contribution is -2.50. The normalized spacial score (nSPS) is 14.3. The summed E-state index contributed by atoms with van der Waals surface area (Å²) >= 11 is 0. The van der Waals surface area contributed by atoms with Crippen molar-refractivity contribution in [3.8, 4) is 0 Å². The zero-order valence-electron chi connectivity index (χ0n) is 29.8. The van der Waals surface area contributed by atoms with Crippen LogP contribution >= 0.6 is 0 Å². The maximum absolute atomic E-state index is 12.6. The summed E-state index contributed by atoms with van der Waals surface area (Å²) in [6.07, 6.45) is 36.1. The highest BCUT2D eigenvalue weighted by molar-refractivity contribution is 7.85. The molecule has 0 aliphatic rings. The number of hydrogen-bond acceptors (Lipinski definition) is 5. The predicted octanol–water partition coefficient (Wildman–Crippen LogP) is 9.77. The molecule has 3 atom stereocenters. The van der Waals surface area contributed by atoms with Gasteiger partial charge in [-0.15, -0.1) is 0 Å². The van der Waals surface area contributed by atoms with Crippen molar-refractivity contribution in [2.24, 2.45) is 0 Å². The van der Waals surface area contributed by atoms with E-state index in [2.05, 4.69) is 43.5 Å². The molecule has 0 radical (unpaired) electrons. The van der Waals surface area contributed by atoms with Crippen molar-refractivity contribution in [1.82, 2.24) is 5.32 Å². The molecule has 4 N–H and O–H groups in total. The Kier molecular flexibility index (Phi) is 31.5. The summed E-state index contributed by atoms with van der Waals surface area (Å²) in [5, 5.41) is 23.5. The zero-order chi connectivity index (χ0) is 34.1. The van der Waals surface area contributed by atoms with Crippen LogP contribution in [0.15, 0.2) is 24.3 Å². The Morgan fingerprint density at radius 3 is 1.46 bits per heavy atom. The van der Waals surface area contributed by atoms with Crippen LogP contribution in [0.25, 0.3) is 0 Å². The second-order valence-electron chi connectivity index (χ2n) is 13.4. The maximum Gasteiger partial charge on any atom is 0.266 e. The third kappa shape index (κ3) is 31.4. The van der Waals surface area contributed by atoms with Gasteiger partial charge in [0.05, 0.1) is 17.9 Å². The number of carbonyl (C=O) groups excluding carboxylic acids is 1. The Bertz CT molecular complexity index is 844. The van der Waals surface area contributed by atoms with Crippen molar-refractivity contribution in [2.45, 2.75) is 205 Å². The molecule has 0 saturated carbocycles. The Labute approximate surface area is 284 Å². The molecular formula is C38H73NO6S. The fourth-order valence-corrected chi connectivity index (χ4v) is 6.54. The first-order valence-corrected chi connectivity index (χ1v) is 20.7. The van der Waals surface area contributed by atoms with Gasteiger partial charge in [0.1, 0.15) is 6.10 Å². The van der Waals surface area contributed by atoms with Gasteiger partial charge < -0.3 is 15.5 Å². The van der Waals surface area contributed by atoms with Crippen LogP contribution in [0.2, 0.25) is 0 Å². The van der Waals surface area contributed by atoms with E-state index in [9.17, 15) is 28.0 Å². The van der Waals surface area contributed by atoms with E-state index in [-0.39, 0.29) is 6.42 Å². The fraction of sp³-hybridized carbons (Fsp3) is 0.868. The van der Waals surface area contributed by atoms with Gasteiger partial charge in [0.15, 0.2) is 0 Å². The number of aliphatic hydroxyl groups is 2. The summed E-state index contributed by atoms with van der Waals surface area (Å²) in [6, 6.07) is -1.15. The lowest BCUT2D eigenvalue weighted by Gasteiger charge is -2.24. The summed E-state index contributed by atoms with van der Waals surface area (Å²) in [4.78, 5) is 12.6. The molecule has 0 aromatic carbocycles. The Morgan fingerprint density at radius 2 is 0.978 bits per heavy atom. The smallest absolute Gasteiger partial charge is 0.266 e. The standard InChI is InChI=1S/C38H73NO6S/c1-3-5-7-9-11-13-15-17-18-19-21-23-25-27-29-31-33-37(41)38(42)39-35(34-46(43,44)45)36(40)32-30-28-26-24-22-20-16-14-12-10-8-6-4-2/h11,13,17-18,35-37,40-41H,3-10,12,14-16,19-34H2,1-2H3,(H,39,42)(H,43,44,45)/b13-11-,18-17-. The minimum absolute atomic E-state index is 0.286. The predicted molar refractivity (Wildman–Crippen MR) is 195 cm³/mol. The summed E-state index contributed by atoms with van der Waals surface area (Å²) in [7, 11) is -4.40. The lowest BCUT2D eigenvalue weighted by atomic mass is 10.0. The third-order valence-corrected chi connectivity index (χ3v) is 9.55. The highest BCUT2D eigenvalue weighted by Crippen LogP contribution is 2.15. The molecule has 0 bridgehead atoms. The van der Waals surface area contributed by atoms with E-state index in [0.29, 0.717) is 19.3 Å². The molecular weight excluding hydrogens is 598 g/mol. The van der Waals surface area contributed by atoms with E-state index < -0.39 is 40.0 Å². The number of unbranched alkanes of at least 4 members (excludes halogenated alkanes) is 21. The first-order chi connectivity index (χ1) is 22.2. The van der Waals surface area contributed by atoms with E-state index >= 15 is 0 Å². The molecule has 7 nitrogen and oxygen atoms in total. The van der Waals surface area contributed by atoms with Gasteiger partial charge in [0.25, 0.3) is 10.1 Å². The molecule has 8 heteroatoms. The lowest BCUT2D eigenvalue weighted by molar-refractivity contribution is -0.131. The molecule has 1 amide bonds. The molecule has 46 heavy (non-hydrogen) atoms. The molecule has 0 rings (SSSR count). The number of allylic oxidation sites excluding steroid dienone is 4. The van der Waals surface area contributed by atoms with Crippen LogP contribution in [-0.2, 0) is 14.9 Å². The van der Waals surface area contributed by atoms with Gasteiger partial charge in [-0.25, -0.2) is 0 Å². The third-order valence-electron chi connectivity index (χ3n) is 8.77. The van der Waals surface area contributed by atoms with E-state index in [1.807, 2.05) is 0 Å². The number of nitrogens with one attached hydrogen (secondary N) is 1. The molecule has 0 aromatic heterocycles. The van der Waals surface area contributed by atoms with Crippen molar-refractivity contribution >= 4 is 16.0 Å². The molecule has 0 fully saturated rings. The summed E-state index contributed by atoms with van der Waals surface area (Å²) in [5.74, 6) is -1.46. The maximum atomic E-state index is 12.6. The molecule has 0 aromatic rings. The van der Waals surface area contributed by atoms with Crippen molar-refractivity contribution in [1.29, 1.82) is 0 Å². The molecule has 272 valence electrons. The second-order valence-corrected chi connectivity index (χ2v) is 14.8. The fourth-order valence-electron chi connectivity index (χ4n) is 5.78. The number of aliphatic hydroxyl groups excluding tert-OH is 2. The van der Waals surface area contributed by atoms with Gasteiger partial charge in [-0.3, -0.25) is 9.35 Å². The van der Waals surface area contributed by atoms with E-state index in [4.69, 9.17) is 0 Å². The van der Waals surface area contributed by atoms with Gasteiger partial charge in [-0.2, -0.15) is 8.42 Å². The molecule has 0 aliphatic heterocycles. The average molecular weight is 672 g/mol. The summed E-state index contributed by atoms with van der Waals surface area (Å²) in [6.45, 7) is 4.46. The van der Waals surface area contributed by atoms with Gasteiger partial charge in [-0.05, 0) is 44.9 Å². The van der Waals surface area contributed by atoms with E-state index in [0.717, 1.165) is 57.8 Å². The SMILES string of the molecule is CCCCC/C=C\C/C=C\CCCCCCCCC(O)C(=O)NC(CS(=O)(=O)O)C(O)CCCCCCCCCCCCCCC. The van der Waals surface area contributed by atoms with Crippen LogP contribution in [0.4, 0.5) is 0 Å². The molecule has 0 spiro atoms. The molecule has 0 heterocycles. The Hall–Kier alpha value is -1.22. The quantitative estimate of drug-likeness (QED) is 0.0307. The first kappa shape index (κ1) is 44.8. The van der Waals surface area contributed by atoms with Gasteiger partial charge >= 0.3 is 0 Å². The number of rotatable bonds is 34. The van der Waals surface area contributed by atoms with E-state index in [1.54, 1.807) is 0 Å². The van der Waals surface area contributed by atoms with Gasteiger partial charge in [0, 0.05) is 0 Å². The van der Waals surface area contributed by atoms with Crippen molar-refractivity contribution in [2.75, 3.05) is 5.75 Å². The van der Waals surface area contributed by atoms with Crippen LogP contribution < -0.4 is 5.32 Å². The Morgan fingerprint density at radius 1 is 0.587 bits per heavy atom. The average Bonchev–Trinajstić information content (AvgIpc) is 3.01. The van der Waals surface area contributed by atoms with Crippen molar-refractivity contribution < 1.29 is 28.0 Å². The van der Waals surface area contributed by atoms with Crippen molar-refractivity contribution in [3.63, 3.8) is 0 Å². The molecule has 0 saturated heterocycles. The van der Waals surface area contributed by atoms with Crippen LogP contribution in [0.5, 0.6) is 0 Å². The highest BCUT2D eigenvalue weighted by atomic mass is 32.2. The minimum atomic E-state index is -4.40. The number of amides is 1.